The molecule has 0 aliphatic heterocycles. The van der Waals surface area contributed by atoms with Crippen LogP contribution in [0, 0.1) is 0 Å². The van der Waals surface area contributed by atoms with Crippen LogP contribution in [0.5, 0.6) is 0 Å². The van der Waals surface area contributed by atoms with Crippen LogP contribution in [-0.2, 0) is 28.6 Å². The van der Waals surface area contributed by atoms with Gasteiger partial charge in [-0.05, 0) is 46.0 Å². The minimum atomic E-state index is -0.678. The molecule has 39 heavy (non-hydrogen) atoms. The summed E-state index contributed by atoms with van der Waals surface area (Å²) in [5.41, 5.74) is 0. The van der Waals surface area contributed by atoms with Crippen LogP contribution >= 0.6 is 0 Å². The SMILES string of the molecule is CCC(COC(C)=O)OC(=O)CCCCCCCC(O)C(C)O.COC(=O)CCCCCCCC(O)C(C)O. The van der Waals surface area contributed by atoms with E-state index in [9.17, 15) is 24.6 Å². The average Bonchev–Trinajstić information content (AvgIpc) is 2.89. The highest BCUT2D eigenvalue weighted by Gasteiger charge is 2.14. The average molecular weight is 565 g/mol. The lowest BCUT2D eigenvalue weighted by Gasteiger charge is -2.15. The van der Waals surface area contributed by atoms with Crippen molar-refractivity contribution in [3.63, 3.8) is 0 Å². The maximum absolute atomic E-state index is 11.7. The van der Waals surface area contributed by atoms with Gasteiger partial charge in [-0.3, -0.25) is 14.4 Å². The van der Waals surface area contributed by atoms with Gasteiger partial charge in [0.05, 0.1) is 31.5 Å². The summed E-state index contributed by atoms with van der Waals surface area (Å²) in [7, 11) is 1.40. The summed E-state index contributed by atoms with van der Waals surface area (Å²) in [4.78, 5) is 33.2. The summed E-state index contributed by atoms with van der Waals surface area (Å²) in [6.45, 7) is 6.50. The quantitative estimate of drug-likeness (QED) is 0.0860. The van der Waals surface area contributed by atoms with Crippen LogP contribution in [-0.4, -0.2) is 82.6 Å². The number of hydrogen-bond acceptors (Lipinski definition) is 10. The number of rotatable bonds is 22. The number of methoxy groups -OCH3 is 1. The summed E-state index contributed by atoms with van der Waals surface area (Å²) in [5.74, 6) is -0.779. The van der Waals surface area contributed by atoms with Gasteiger partial charge in [0.15, 0.2) is 0 Å². The lowest BCUT2D eigenvalue weighted by molar-refractivity contribution is -0.158. The Morgan fingerprint density at radius 1 is 0.667 bits per heavy atom. The normalized spacial score (nSPS) is 14.7. The molecule has 0 aromatic rings. The molecule has 0 saturated heterocycles. The summed E-state index contributed by atoms with van der Waals surface area (Å²) in [5, 5.41) is 37.0. The highest BCUT2D eigenvalue weighted by Crippen LogP contribution is 2.12. The Hall–Kier alpha value is -1.75. The first kappa shape index (κ1) is 39.4. The molecule has 0 radical (unpaired) electrons. The van der Waals surface area contributed by atoms with Crippen molar-refractivity contribution in [2.45, 2.75) is 155 Å². The third-order valence-electron chi connectivity index (χ3n) is 6.33. The van der Waals surface area contributed by atoms with Gasteiger partial charge in [-0.1, -0.05) is 58.3 Å². The second kappa shape index (κ2) is 26.5. The molecule has 0 aliphatic rings. The molecule has 0 heterocycles. The third kappa shape index (κ3) is 27.6. The molecule has 5 atom stereocenters. The molecule has 10 nitrogen and oxygen atoms in total. The first-order valence-electron chi connectivity index (χ1n) is 14.6. The van der Waals surface area contributed by atoms with E-state index in [0.717, 1.165) is 64.2 Å². The molecule has 5 unspecified atom stereocenters. The highest BCUT2D eigenvalue weighted by molar-refractivity contribution is 5.69. The van der Waals surface area contributed by atoms with Crippen LogP contribution in [0.4, 0.5) is 0 Å². The number of carbonyl (C=O) groups is 3. The fourth-order valence-electron chi connectivity index (χ4n) is 3.58. The number of hydrogen-bond donors (Lipinski definition) is 4. The van der Waals surface area contributed by atoms with Gasteiger partial charge in [0.25, 0.3) is 0 Å². The van der Waals surface area contributed by atoms with E-state index in [-0.39, 0.29) is 30.6 Å². The minimum absolute atomic E-state index is 0.114. The summed E-state index contributed by atoms with van der Waals surface area (Å²) in [6.07, 6.45) is 9.23. The molecular formula is C29H56O10. The standard InChI is InChI=1S/C17H32O6.C12H24O4/c1-4-15(12-22-14(3)19)23-17(21)11-9-7-5-6-8-10-16(20)13(2)18;1-10(13)11(14)8-6-4-3-5-7-9-12(15)16-2/h13,15-16,18,20H,4-12H2,1-3H3;10-11,13-14H,3-9H2,1-2H3. The number of carbonyl (C=O) groups excluding carboxylic acids is 3. The van der Waals surface area contributed by atoms with Crippen molar-refractivity contribution >= 4 is 17.9 Å². The van der Waals surface area contributed by atoms with Crippen molar-refractivity contribution in [1.82, 2.24) is 0 Å². The number of unbranched alkanes of at least 4 members (excludes halogenated alkanes) is 8. The van der Waals surface area contributed by atoms with Crippen molar-refractivity contribution < 1.29 is 49.0 Å². The number of aliphatic hydroxyl groups is 4. The Bertz CT molecular complexity index is 609. The highest BCUT2D eigenvalue weighted by atomic mass is 16.6. The Morgan fingerprint density at radius 2 is 1.08 bits per heavy atom. The number of esters is 3. The Morgan fingerprint density at radius 3 is 1.46 bits per heavy atom. The second-order valence-corrected chi connectivity index (χ2v) is 10.1. The molecule has 0 aromatic heterocycles. The first-order valence-corrected chi connectivity index (χ1v) is 14.6. The minimum Gasteiger partial charge on any atom is -0.469 e. The summed E-state index contributed by atoms with van der Waals surface area (Å²) >= 11 is 0. The Labute approximate surface area is 235 Å². The van der Waals surface area contributed by atoms with E-state index >= 15 is 0 Å². The van der Waals surface area contributed by atoms with E-state index in [0.29, 0.717) is 32.1 Å². The largest absolute Gasteiger partial charge is 0.469 e. The molecule has 232 valence electrons. The molecule has 0 rings (SSSR count). The predicted octanol–water partition coefficient (Wildman–Crippen LogP) is 3.98. The Balaban J connectivity index is 0. The smallest absolute Gasteiger partial charge is 0.306 e. The van der Waals surface area contributed by atoms with E-state index in [4.69, 9.17) is 19.7 Å². The van der Waals surface area contributed by atoms with Crippen molar-refractivity contribution in [1.29, 1.82) is 0 Å². The number of aliphatic hydroxyl groups excluding tert-OH is 4. The molecule has 0 aromatic carbocycles. The number of ether oxygens (including phenoxy) is 3. The van der Waals surface area contributed by atoms with E-state index < -0.39 is 24.4 Å². The molecular weight excluding hydrogens is 508 g/mol. The van der Waals surface area contributed by atoms with Gasteiger partial charge < -0.3 is 34.6 Å². The van der Waals surface area contributed by atoms with E-state index in [2.05, 4.69) is 4.74 Å². The lowest BCUT2D eigenvalue weighted by atomic mass is 10.0. The fourth-order valence-corrected chi connectivity index (χ4v) is 3.58. The summed E-state index contributed by atoms with van der Waals surface area (Å²) < 4.78 is 14.6. The van der Waals surface area contributed by atoms with Crippen LogP contribution in [0.25, 0.3) is 0 Å². The van der Waals surface area contributed by atoms with Gasteiger partial charge in [-0.25, -0.2) is 0 Å². The first-order chi connectivity index (χ1) is 18.4. The third-order valence-corrected chi connectivity index (χ3v) is 6.33. The van der Waals surface area contributed by atoms with Gasteiger partial charge >= 0.3 is 17.9 Å². The van der Waals surface area contributed by atoms with Crippen molar-refractivity contribution in [2.75, 3.05) is 13.7 Å². The molecule has 4 N–H and O–H groups in total. The van der Waals surface area contributed by atoms with Gasteiger partial charge in [0.1, 0.15) is 12.7 Å². The molecule has 0 aliphatic carbocycles. The zero-order chi connectivity index (χ0) is 30.1. The van der Waals surface area contributed by atoms with Gasteiger partial charge in [0.2, 0.25) is 0 Å². The maximum atomic E-state index is 11.7. The van der Waals surface area contributed by atoms with E-state index in [1.54, 1.807) is 13.8 Å². The zero-order valence-electron chi connectivity index (χ0n) is 24.9. The second-order valence-electron chi connectivity index (χ2n) is 10.1. The Kier molecular flexibility index (Phi) is 26.7. The van der Waals surface area contributed by atoms with Crippen LogP contribution < -0.4 is 0 Å². The van der Waals surface area contributed by atoms with Gasteiger partial charge in [-0.15, -0.1) is 0 Å². The fraction of sp³-hybridized carbons (Fsp3) is 0.897. The molecule has 0 saturated carbocycles. The maximum Gasteiger partial charge on any atom is 0.306 e. The molecule has 10 heteroatoms. The molecule has 0 fully saturated rings. The van der Waals surface area contributed by atoms with Crippen LogP contribution in [0.1, 0.15) is 124 Å². The van der Waals surface area contributed by atoms with E-state index in [1.165, 1.54) is 14.0 Å². The van der Waals surface area contributed by atoms with Crippen molar-refractivity contribution in [3.8, 4) is 0 Å². The monoisotopic (exact) mass is 564 g/mol. The molecule has 0 amide bonds. The molecule has 0 spiro atoms. The van der Waals surface area contributed by atoms with Crippen molar-refractivity contribution in [2.24, 2.45) is 0 Å². The van der Waals surface area contributed by atoms with Gasteiger partial charge in [0, 0.05) is 19.8 Å². The predicted molar refractivity (Wildman–Crippen MR) is 149 cm³/mol. The molecule has 0 bridgehead atoms. The topological polar surface area (TPSA) is 160 Å². The van der Waals surface area contributed by atoms with Crippen molar-refractivity contribution in [3.05, 3.63) is 0 Å². The van der Waals surface area contributed by atoms with Crippen LogP contribution in [0.3, 0.4) is 0 Å². The van der Waals surface area contributed by atoms with Crippen LogP contribution in [0.15, 0.2) is 0 Å². The van der Waals surface area contributed by atoms with E-state index in [1.807, 2.05) is 6.92 Å². The van der Waals surface area contributed by atoms with Crippen LogP contribution in [0.2, 0.25) is 0 Å². The zero-order valence-corrected chi connectivity index (χ0v) is 24.9. The lowest BCUT2D eigenvalue weighted by Crippen LogP contribution is -2.23. The van der Waals surface area contributed by atoms with Gasteiger partial charge in [-0.2, -0.15) is 0 Å². The summed E-state index contributed by atoms with van der Waals surface area (Å²) in [6, 6.07) is 0.